The second-order valence-corrected chi connectivity index (χ2v) is 6.84. The number of pyridine rings is 2. The van der Waals surface area contributed by atoms with Crippen molar-refractivity contribution in [1.82, 2.24) is 24.8 Å². The van der Waals surface area contributed by atoms with Crippen LogP contribution < -0.4 is 11.0 Å². The molecular formula is C21H17N5O2. The number of nitrogens with zero attached hydrogens (tertiary/aromatic N) is 3. The van der Waals surface area contributed by atoms with Crippen LogP contribution in [0.3, 0.4) is 0 Å². The molecule has 4 aromatic rings. The molecule has 28 heavy (non-hydrogen) atoms. The minimum absolute atomic E-state index is 0.0362. The number of fused-ring (bicyclic) bond motifs is 2. The van der Waals surface area contributed by atoms with E-state index in [0.29, 0.717) is 29.1 Å². The van der Waals surface area contributed by atoms with Crippen molar-refractivity contribution < 1.29 is 4.79 Å². The highest BCUT2D eigenvalue weighted by molar-refractivity contribution is 5.96. The lowest BCUT2D eigenvalue weighted by atomic mass is 9.90. The van der Waals surface area contributed by atoms with Crippen molar-refractivity contribution in [3.8, 4) is 5.82 Å². The smallest absolute Gasteiger partial charge is 0.333 e. The van der Waals surface area contributed by atoms with E-state index in [2.05, 4.69) is 27.4 Å². The Labute approximate surface area is 160 Å². The molecule has 3 aromatic heterocycles. The van der Waals surface area contributed by atoms with Crippen LogP contribution in [0.5, 0.6) is 0 Å². The third-order valence-electron chi connectivity index (χ3n) is 5.06. The minimum atomic E-state index is -0.305. The van der Waals surface area contributed by atoms with Crippen LogP contribution in [0.25, 0.3) is 17.0 Å². The SMILES string of the molecule is O=C1NCC(Cc2ccccc2)c2nc(-n3c(=O)[nH]c4ncccc43)ccc21. The normalized spacial score (nSPS) is 16.0. The van der Waals surface area contributed by atoms with Gasteiger partial charge in [0.15, 0.2) is 5.65 Å². The number of H-pyrrole nitrogens is 1. The first-order valence-electron chi connectivity index (χ1n) is 9.10. The minimum Gasteiger partial charge on any atom is -0.351 e. The predicted octanol–water partition coefficient (Wildman–Crippen LogP) is 2.18. The van der Waals surface area contributed by atoms with Crippen LogP contribution in [0.2, 0.25) is 0 Å². The average molecular weight is 371 g/mol. The van der Waals surface area contributed by atoms with Gasteiger partial charge < -0.3 is 5.32 Å². The predicted molar refractivity (Wildman–Crippen MR) is 105 cm³/mol. The number of aromatic amines is 1. The van der Waals surface area contributed by atoms with Gasteiger partial charge in [-0.3, -0.25) is 9.78 Å². The van der Waals surface area contributed by atoms with Crippen LogP contribution in [0.4, 0.5) is 0 Å². The second kappa shape index (κ2) is 6.45. The van der Waals surface area contributed by atoms with Gasteiger partial charge in [0.05, 0.1) is 16.8 Å². The lowest BCUT2D eigenvalue weighted by Gasteiger charge is -2.25. The molecule has 0 saturated heterocycles. The summed E-state index contributed by atoms with van der Waals surface area (Å²) < 4.78 is 1.49. The molecule has 0 spiro atoms. The van der Waals surface area contributed by atoms with Crippen LogP contribution in [0.1, 0.15) is 27.5 Å². The molecule has 7 heteroatoms. The monoisotopic (exact) mass is 371 g/mol. The summed E-state index contributed by atoms with van der Waals surface area (Å²) in [6.07, 6.45) is 2.39. The lowest BCUT2D eigenvalue weighted by Crippen LogP contribution is -2.37. The molecule has 1 atom stereocenters. The van der Waals surface area contributed by atoms with Gasteiger partial charge in [0.1, 0.15) is 5.82 Å². The quantitative estimate of drug-likeness (QED) is 0.577. The van der Waals surface area contributed by atoms with E-state index in [4.69, 9.17) is 4.98 Å². The fraction of sp³-hybridized carbons (Fsp3) is 0.143. The Morgan fingerprint density at radius 3 is 2.75 bits per heavy atom. The van der Waals surface area contributed by atoms with E-state index < -0.39 is 0 Å². The highest BCUT2D eigenvalue weighted by Crippen LogP contribution is 2.27. The Hall–Kier alpha value is -3.74. The maximum Gasteiger partial charge on any atom is 0.333 e. The number of hydrogen-bond acceptors (Lipinski definition) is 4. The Morgan fingerprint density at radius 2 is 1.89 bits per heavy atom. The molecule has 0 aliphatic carbocycles. The molecule has 0 saturated carbocycles. The first-order chi connectivity index (χ1) is 13.7. The summed E-state index contributed by atoms with van der Waals surface area (Å²) in [4.78, 5) is 36.5. The summed E-state index contributed by atoms with van der Waals surface area (Å²) in [5, 5.41) is 2.94. The van der Waals surface area contributed by atoms with Crippen LogP contribution >= 0.6 is 0 Å². The van der Waals surface area contributed by atoms with Gasteiger partial charge in [0.2, 0.25) is 0 Å². The summed E-state index contributed by atoms with van der Waals surface area (Å²) in [5.41, 5.74) is 3.30. The summed E-state index contributed by atoms with van der Waals surface area (Å²) in [7, 11) is 0. The van der Waals surface area contributed by atoms with Crippen molar-refractivity contribution in [2.75, 3.05) is 6.54 Å². The summed E-state index contributed by atoms with van der Waals surface area (Å²) >= 11 is 0. The molecule has 1 aliphatic rings. The van der Waals surface area contributed by atoms with Crippen LogP contribution in [-0.4, -0.2) is 32.0 Å². The van der Waals surface area contributed by atoms with Gasteiger partial charge in [0, 0.05) is 18.7 Å². The van der Waals surface area contributed by atoms with Gasteiger partial charge in [-0.25, -0.2) is 19.3 Å². The van der Waals surface area contributed by atoms with Crippen molar-refractivity contribution in [3.63, 3.8) is 0 Å². The van der Waals surface area contributed by atoms with E-state index in [1.807, 2.05) is 24.3 Å². The van der Waals surface area contributed by atoms with E-state index in [9.17, 15) is 9.59 Å². The van der Waals surface area contributed by atoms with Crippen LogP contribution in [-0.2, 0) is 6.42 Å². The molecule has 0 fully saturated rings. The third kappa shape index (κ3) is 2.68. The molecule has 7 nitrogen and oxygen atoms in total. The van der Waals surface area contributed by atoms with E-state index in [0.717, 1.165) is 12.1 Å². The molecule has 2 N–H and O–H groups in total. The third-order valence-corrected chi connectivity index (χ3v) is 5.06. The van der Waals surface area contributed by atoms with Crippen LogP contribution in [0, 0.1) is 0 Å². The maximum atomic E-state index is 12.5. The first-order valence-corrected chi connectivity index (χ1v) is 9.10. The maximum absolute atomic E-state index is 12.5. The van der Waals surface area contributed by atoms with E-state index >= 15 is 0 Å². The highest BCUT2D eigenvalue weighted by atomic mass is 16.2. The Kier molecular flexibility index (Phi) is 3.79. The number of aromatic nitrogens is 4. The number of nitrogens with one attached hydrogen (secondary N) is 2. The Bertz CT molecular complexity index is 1240. The molecule has 138 valence electrons. The van der Waals surface area contributed by atoms with Crippen molar-refractivity contribution in [3.05, 3.63) is 88.1 Å². The van der Waals surface area contributed by atoms with Crippen molar-refractivity contribution in [2.45, 2.75) is 12.3 Å². The van der Waals surface area contributed by atoms with Crippen molar-refractivity contribution in [1.29, 1.82) is 0 Å². The van der Waals surface area contributed by atoms with Crippen molar-refractivity contribution >= 4 is 17.1 Å². The standard InChI is InChI=1S/C21H17N5O2/c27-20-15-8-9-17(26-16-7-4-10-22-19(16)25-21(26)28)24-18(15)14(12-23-20)11-13-5-2-1-3-6-13/h1-10,14H,11-12H2,(H,23,27)(H,22,25,28). The molecule has 4 heterocycles. The number of amides is 1. The van der Waals surface area contributed by atoms with Crippen molar-refractivity contribution in [2.24, 2.45) is 0 Å². The number of imidazole rings is 1. The number of carbonyl (C=O) groups is 1. The fourth-order valence-corrected chi connectivity index (χ4v) is 3.73. The molecule has 0 bridgehead atoms. The number of benzene rings is 1. The van der Waals surface area contributed by atoms with Gasteiger partial charge in [-0.2, -0.15) is 0 Å². The Balaban J connectivity index is 1.63. The highest BCUT2D eigenvalue weighted by Gasteiger charge is 2.28. The number of hydrogen-bond donors (Lipinski definition) is 2. The zero-order valence-electron chi connectivity index (χ0n) is 14.9. The lowest BCUT2D eigenvalue weighted by molar-refractivity contribution is 0.0938. The summed E-state index contributed by atoms with van der Waals surface area (Å²) in [6, 6.07) is 17.1. The molecule has 1 amide bonds. The average Bonchev–Trinajstić information content (AvgIpc) is 3.06. The number of carbonyl (C=O) groups excluding carboxylic acids is 1. The zero-order chi connectivity index (χ0) is 19.1. The van der Waals surface area contributed by atoms with Gasteiger partial charge in [0.25, 0.3) is 5.91 Å². The van der Waals surface area contributed by atoms with E-state index in [1.165, 1.54) is 10.1 Å². The zero-order valence-corrected chi connectivity index (χ0v) is 14.9. The van der Waals surface area contributed by atoms with Crippen LogP contribution in [0.15, 0.2) is 65.6 Å². The Morgan fingerprint density at radius 1 is 1.04 bits per heavy atom. The van der Waals surface area contributed by atoms with Gasteiger partial charge in [-0.1, -0.05) is 30.3 Å². The second-order valence-electron chi connectivity index (χ2n) is 6.84. The number of rotatable bonds is 3. The molecular weight excluding hydrogens is 354 g/mol. The topological polar surface area (TPSA) is 92.7 Å². The molecule has 5 rings (SSSR count). The molecule has 1 aromatic carbocycles. The molecule has 1 unspecified atom stereocenters. The van der Waals surface area contributed by atoms with E-state index in [-0.39, 0.29) is 17.5 Å². The molecule has 0 radical (unpaired) electrons. The molecule has 1 aliphatic heterocycles. The summed E-state index contributed by atoms with van der Waals surface area (Å²) in [5.74, 6) is 0.385. The van der Waals surface area contributed by atoms with Gasteiger partial charge in [-0.15, -0.1) is 0 Å². The van der Waals surface area contributed by atoms with E-state index in [1.54, 1.807) is 24.4 Å². The summed E-state index contributed by atoms with van der Waals surface area (Å²) in [6.45, 7) is 0.515. The largest absolute Gasteiger partial charge is 0.351 e. The van der Waals surface area contributed by atoms with Gasteiger partial charge in [-0.05, 0) is 36.2 Å². The first kappa shape index (κ1) is 16.4. The fourth-order valence-electron chi connectivity index (χ4n) is 3.73. The van der Waals surface area contributed by atoms with Gasteiger partial charge >= 0.3 is 5.69 Å².